The van der Waals surface area contributed by atoms with Gasteiger partial charge in [0.2, 0.25) is 10.0 Å². The summed E-state index contributed by atoms with van der Waals surface area (Å²) in [6.07, 6.45) is 0.689. The third kappa shape index (κ3) is 5.29. The second-order valence-electron chi connectivity index (χ2n) is 6.97. The van der Waals surface area contributed by atoms with Crippen LogP contribution in [0.25, 0.3) is 0 Å². The van der Waals surface area contributed by atoms with E-state index in [4.69, 9.17) is 9.84 Å². The van der Waals surface area contributed by atoms with E-state index >= 15 is 0 Å². The number of hydrogen-bond donors (Lipinski definition) is 2. The van der Waals surface area contributed by atoms with Gasteiger partial charge in [-0.05, 0) is 48.7 Å². The van der Waals surface area contributed by atoms with Crippen molar-refractivity contribution < 1.29 is 22.7 Å². The lowest BCUT2D eigenvalue weighted by Crippen LogP contribution is -2.37. The number of nitrogens with zero attached hydrogens (tertiary/aromatic N) is 1. The topological polar surface area (TPSA) is 78.9 Å². The van der Waals surface area contributed by atoms with E-state index in [0.29, 0.717) is 30.8 Å². The molecule has 0 saturated carbocycles. The molecule has 1 saturated heterocycles. The monoisotopic (exact) mass is 408 g/mol. The molecule has 0 aromatic heterocycles. The summed E-state index contributed by atoms with van der Waals surface area (Å²) in [7, 11) is -3.77. The zero-order valence-corrected chi connectivity index (χ0v) is 16.6. The Bertz CT molecular complexity index is 920. The van der Waals surface area contributed by atoms with Gasteiger partial charge in [-0.15, -0.1) is 0 Å². The van der Waals surface area contributed by atoms with Crippen molar-refractivity contribution in [2.45, 2.75) is 30.8 Å². The van der Waals surface area contributed by atoms with Crippen LogP contribution in [0.1, 0.15) is 17.5 Å². The molecule has 0 spiro atoms. The molecular formula is C20H25FN2O4S. The van der Waals surface area contributed by atoms with Gasteiger partial charge in [0.1, 0.15) is 18.2 Å². The van der Waals surface area contributed by atoms with Gasteiger partial charge in [0, 0.05) is 25.7 Å². The summed E-state index contributed by atoms with van der Waals surface area (Å²) in [5.41, 5.74) is 1.57. The van der Waals surface area contributed by atoms with Crippen LogP contribution in [0.4, 0.5) is 4.39 Å². The van der Waals surface area contributed by atoms with E-state index in [1.54, 1.807) is 6.92 Å². The standard InChI is InChI=1S/C20H25FN2O4S/c1-15-5-6-17(21)12-20(15)28(25,26)22-18-7-8-23(14-18)13-16-3-2-4-19(11-16)27-10-9-24/h2-6,11-12,18,22,24H,7-10,13-14H2,1H3/t18-/m1/s1. The van der Waals surface area contributed by atoms with E-state index in [-0.39, 0.29) is 24.2 Å². The number of rotatable bonds is 8. The van der Waals surface area contributed by atoms with Crippen LogP contribution in [-0.4, -0.2) is 50.8 Å². The van der Waals surface area contributed by atoms with Crippen LogP contribution in [-0.2, 0) is 16.6 Å². The first-order valence-electron chi connectivity index (χ1n) is 9.21. The Balaban J connectivity index is 1.60. The van der Waals surface area contributed by atoms with Crippen molar-refractivity contribution >= 4 is 10.0 Å². The molecule has 2 N–H and O–H groups in total. The molecule has 152 valence electrons. The maximum absolute atomic E-state index is 13.5. The molecule has 28 heavy (non-hydrogen) atoms. The van der Waals surface area contributed by atoms with Crippen molar-refractivity contribution in [3.63, 3.8) is 0 Å². The molecule has 1 aliphatic heterocycles. The number of halogens is 1. The second-order valence-corrected chi connectivity index (χ2v) is 8.65. The summed E-state index contributed by atoms with van der Waals surface area (Å²) in [6, 6.07) is 11.2. The van der Waals surface area contributed by atoms with Gasteiger partial charge in [-0.1, -0.05) is 18.2 Å². The number of benzene rings is 2. The number of aryl methyl sites for hydroxylation is 1. The smallest absolute Gasteiger partial charge is 0.241 e. The minimum Gasteiger partial charge on any atom is -0.491 e. The Labute approximate surface area is 165 Å². The van der Waals surface area contributed by atoms with E-state index in [9.17, 15) is 12.8 Å². The van der Waals surface area contributed by atoms with Crippen molar-refractivity contribution in [3.05, 3.63) is 59.4 Å². The Morgan fingerprint density at radius 1 is 1.29 bits per heavy atom. The van der Waals surface area contributed by atoms with Crippen LogP contribution in [0, 0.1) is 12.7 Å². The number of sulfonamides is 1. The van der Waals surface area contributed by atoms with Crippen molar-refractivity contribution in [3.8, 4) is 5.75 Å². The largest absolute Gasteiger partial charge is 0.491 e. The molecule has 1 heterocycles. The number of nitrogens with one attached hydrogen (secondary N) is 1. The van der Waals surface area contributed by atoms with E-state index in [2.05, 4.69) is 9.62 Å². The first-order chi connectivity index (χ1) is 13.4. The van der Waals surface area contributed by atoms with Gasteiger partial charge < -0.3 is 9.84 Å². The van der Waals surface area contributed by atoms with Crippen molar-refractivity contribution in [2.75, 3.05) is 26.3 Å². The summed E-state index contributed by atoms with van der Waals surface area (Å²) in [5, 5.41) is 8.85. The van der Waals surface area contributed by atoms with Crippen molar-refractivity contribution in [1.82, 2.24) is 9.62 Å². The Kier molecular flexibility index (Phi) is 6.66. The third-order valence-electron chi connectivity index (χ3n) is 4.70. The fourth-order valence-electron chi connectivity index (χ4n) is 3.37. The Hall–Kier alpha value is -2.00. The molecule has 1 atom stereocenters. The van der Waals surface area contributed by atoms with Gasteiger partial charge in [-0.2, -0.15) is 0 Å². The van der Waals surface area contributed by atoms with Crippen LogP contribution >= 0.6 is 0 Å². The minimum atomic E-state index is -3.77. The molecular weight excluding hydrogens is 383 g/mol. The summed E-state index contributed by atoms with van der Waals surface area (Å²) in [5.74, 6) is 0.131. The molecule has 0 amide bonds. The van der Waals surface area contributed by atoms with Crippen LogP contribution in [0.5, 0.6) is 5.75 Å². The van der Waals surface area contributed by atoms with E-state index < -0.39 is 15.8 Å². The first kappa shape index (κ1) is 20.7. The molecule has 3 rings (SSSR count). The predicted molar refractivity (Wildman–Crippen MR) is 104 cm³/mol. The molecule has 2 aromatic carbocycles. The quantitative estimate of drug-likeness (QED) is 0.699. The lowest BCUT2D eigenvalue weighted by atomic mass is 10.2. The maximum atomic E-state index is 13.5. The lowest BCUT2D eigenvalue weighted by Gasteiger charge is -2.18. The molecule has 0 radical (unpaired) electrons. The summed E-state index contributed by atoms with van der Waals surface area (Å²) >= 11 is 0. The van der Waals surface area contributed by atoms with E-state index in [0.717, 1.165) is 18.2 Å². The molecule has 6 nitrogen and oxygen atoms in total. The number of ether oxygens (including phenoxy) is 1. The summed E-state index contributed by atoms with van der Waals surface area (Å²) in [6.45, 7) is 3.88. The highest BCUT2D eigenvalue weighted by atomic mass is 32.2. The van der Waals surface area contributed by atoms with Crippen molar-refractivity contribution in [2.24, 2.45) is 0 Å². The maximum Gasteiger partial charge on any atom is 0.241 e. The first-order valence-corrected chi connectivity index (χ1v) is 10.7. The number of aliphatic hydroxyl groups excluding tert-OH is 1. The van der Waals surface area contributed by atoms with Crippen LogP contribution < -0.4 is 9.46 Å². The van der Waals surface area contributed by atoms with Gasteiger partial charge in [0.25, 0.3) is 0 Å². The molecule has 2 aromatic rings. The number of aliphatic hydroxyl groups is 1. The highest BCUT2D eigenvalue weighted by Crippen LogP contribution is 2.21. The van der Waals surface area contributed by atoms with E-state index in [1.165, 1.54) is 12.1 Å². The van der Waals surface area contributed by atoms with Gasteiger partial charge in [0.05, 0.1) is 11.5 Å². The molecule has 0 unspecified atom stereocenters. The number of likely N-dealkylation sites (tertiary alicyclic amines) is 1. The molecule has 1 fully saturated rings. The molecule has 1 aliphatic rings. The summed E-state index contributed by atoms with van der Waals surface area (Å²) < 4.78 is 46.9. The molecule has 8 heteroatoms. The SMILES string of the molecule is Cc1ccc(F)cc1S(=O)(=O)N[C@@H]1CCN(Cc2cccc(OCCO)c2)C1. The second kappa shape index (κ2) is 9.00. The van der Waals surface area contributed by atoms with E-state index in [1.807, 2.05) is 24.3 Å². The Morgan fingerprint density at radius 3 is 2.89 bits per heavy atom. The third-order valence-corrected chi connectivity index (χ3v) is 6.36. The van der Waals surface area contributed by atoms with Crippen LogP contribution in [0.15, 0.2) is 47.4 Å². The zero-order chi connectivity index (χ0) is 20.1. The predicted octanol–water partition coefficient (Wildman–Crippen LogP) is 2.06. The van der Waals surface area contributed by atoms with Gasteiger partial charge >= 0.3 is 0 Å². The average Bonchev–Trinajstić information content (AvgIpc) is 3.08. The number of hydrogen-bond acceptors (Lipinski definition) is 5. The fourth-order valence-corrected chi connectivity index (χ4v) is 4.89. The molecule has 0 bridgehead atoms. The van der Waals surface area contributed by atoms with Crippen LogP contribution in [0.2, 0.25) is 0 Å². The highest BCUT2D eigenvalue weighted by molar-refractivity contribution is 7.89. The van der Waals surface area contributed by atoms with Crippen molar-refractivity contribution in [1.29, 1.82) is 0 Å². The highest BCUT2D eigenvalue weighted by Gasteiger charge is 2.28. The van der Waals surface area contributed by atoms with Gasteiger partial charge in [0.15, 0.2) is 0 Å². The minimum absolute atomic E-state index is 0.0142. The lowest BCUT2D eigenvalue weighted by molar-refractivity contribution is 0.201. The summed E-state index contributed by atoms with van der Waals surface area (Å²) in [4.78, 5) is 2.15. The zero-order valence-electron chi connectivity index (χ0n) is 15.8. The Morgan fingerprint density at radius 2 is 2.11 bits per heavy atom. The van der Waals surface area contributed by atoms with Gasteiger partial charge in [-0.25, -0.2) is 17.5 Å². The molecule has 0 aliphatic carbocycles. The van der Waals surface area contributed by atoms with Crippen LogP contribution in [0.3, 0.4) is 0 Å². The average molecular weight is 408 g/mol. The normalized spacial score (nSPS) is 17.8. The van der Waals surface area contributed by atoms with Gasteiger partial charge in [-0.3, -0.25) is 4.90 Å². The fraction of sp³-hybridized carbons (Fsp3) is 0.400.